The third-order valence-corrected chi connectivity index (χ3v) is 4.37. The molecular weight excluding hydrogens is 344 g/mol. The number of sulfonamides is 1. The molecule has 2 aromatic rings. The van der Waals surface area contributed by atoms with Crippen molar-refractivity contribution in [1.29, 1.82) is 0 Å². The fourth-order valence-electron chi connectivity index (χ4n) is 1.53. The molecule has 0 aliphatic rings. The number of nitrogens with zero attached hydrogens (tertiary/aromatic N) is 4. The second-order valence-corrected chi connectivity index (χ2v) is 6.55. The third kappa shape index (κ3) is 4.27. The molecule has 0 spiro atoms. The maximum absolute atomic E-state index is 12.1. The Kier molecular flexibility index (Phi) is 4.96. The molecule has 1 aromatic heterocycles. The lowest BCUT2D eigenvalue weighted by molar-refractivity contribution is 0.256. The number of carbonyl (C=O) groups is 1. The third-order valence-electron chi connectivity index (χ3n) is 2.54. The highest BCUT2D eigenvalue weighted by molar-refractivity contribution is 7.90. The van der Waals surface area contributed by atoms with Crippen molar-refractivity contribution in [1.82, 2.24) is 19.7 Å². The van der Waals surface area contributed by atoms with Crippen LogP contribution in [0.15, 0.2) is 35.5 Å². The monoisotopic (exact) mass is 356 g/mol. The van der Waals surface area contributed by atoms with Gasteiger partial charge in [-0.25, -0.2) is 27.9 Å². The highest BCUT2D eigenvalue weighted by Gasteiger charge is 2.20. The first kappa shape index (κ1) is 16.9. The van der Waals surface area contributed by atoms with Gasteiger partial charge < -0.3 is 4.90 Å². The Labute approximate surface area is 137 Å². The van der Waals surface area contributed by atoms with Gasteiger partial charge in [-0.05, 0) is 12.1 Å². The number of nitrogens with one attached hydrogen (secondary N) is 2. The molecule has 9 nitrogen and oxygen atoms in total. The Morgan fingerprint density at radius 3 is 2.57 bits per heavy atom. The number of anilines is 2. The second kappa shape index (κ2) is 6.75. The topological polar surface area (TPSA) is 117 Å². The normalized spacial score (nSPS) is 10.9. The summed E-state index contributed by atoms with van der Waals surface area (Å²) in [5.41, 5.74) is 0. The Balaban J connectivity index is 2.13. The number of hydrogen-bond donors (Lipinski definition) is 2. The summed E-state index contributed by atoms with van der Waals surface area (Å²) >= 11 is 5.82. The van der Waals surface area contributed by atoms with Gasteiger partial charge in [-0.1, -0.05) is 23.7 Å². The van der Waals surface area contributed by atoms with E-state index in [4.69, 9.17) is 11.6 Å². The van der Waals surface area contributed by atoms with Gasteiger partial charge in [-0.2, -0.15) is 4.98 Å². The minimum atomic E-state index is -4.11. The summed E-state index contributed by atoms with van der Waals surface area (Å²) in [4.78, 5) is 24.8. The number of hydrogen-bond acceptors (Lipinski definition) is 7. The molecule has 11 heteroatoms. The number of carbonyl (C=O) groups excluding carboxylic acids is 1. The molecule has 2 rings (SSSR count). The van der Waals surface area contributed by atoms with Crippen molar-refractivity contribution >= 4 is 39.6 Å². The number of rotatable bonds is 4. The first-order chi connectivity index (χ1) is 10.8. The van der Waals surface area contributed by atoms with Crippen LogP contribution in [-0.2, 0) is 10.0 Å². The predicted molar refractivity (Wildman–Crippen MR) is 84.9 cm³/mol. The average Bonchev–Trinajstić information content (AvgIpc) is 2.47. The van der Waals surface area contributed by atoms with Gasteiger partial charge in [-0.3, -0.25) is 5.32 Å². The molecule has 0 aliphatic carbocycles. The largest absolute Gasteiger partial charge is 0.347 e. The second-order valence-electron chi connectivity index (χ2n) is 4.49. The van der Waals surface area contributed by atoms with Crippen LogP contribution in [0.4, 0.5) is 16.7 Å². The van der Waals surface area contributed by atoms with Crippen LogP contribution in [0.3, 0.4) is 0 Å². The van der Waals surface area contributed by atoms with E-state index in [-0.39, 0.29) is 15.9 Å². The standard InChI is InChI=1S/C12H13ClN6O3S/c1-19(2)11-15-7-14-10(16-11)17-12(20)18-23(21,22)9-6-4-3-5-8(9)13/h3-7H,1-2H3,(H2,14,15,16,17,18,20). The van der Waals surface area contributed by atoms with E-state index < -0.39 is 16.1 Å². The van der Waals surface area contributed by atoms with Gasteiger partial charge in [-0.15, -0.1) is 0 Å². The zero-order chi connectivity index (χ0) is 17.0. The van der Waals surface area contributed by atoms with Crippen molar-refractivity contribution in [3.8, 4) is 0 Å². The molecule has 0 saturated carbocycles. The Morgan fingerprint density at radius 1 is 1.22 bits per heavy atom. The molecule has 1 heterocycles. The lowest BCUT2D eigenvalue weighted by Gasteiger charge is -2.11. The fourth-order valence-corrected chi connectivity index (χ4v) is 2.96. The first-order valence-electron chi connectivity index (χ1n) is 6.24. The van der Waals surface area contributed by atoms with Crippen molar-refractivity contribution in [3.63, 3.8) is 0 Å². The van der Waals surface area contributed by atoms with Crippen LogP contribution in [0, 0.1) is 0 Å². The Bertz CT molecular complexity index is 827. The number of urea groups is 1. The van der Waals surface area contributed by atoms with Gasteiger partial charge in [0, 0.05) is 14.1 Å². The van der Waals surface area contributed by atoms with Gasteiger partial charge in [0.25, 0.3) is 10.0 Å². The summed E-state index contributed by atoms with van der Waals surface area (Å²) in [6.07, 6.45) is 1.19. The highest BCUT2D eigenvalue weighted by atomic mass is 35.5. The first-order valence-corrected chi connectivity index (χ1v) is 8.10. The summed E-state index contributed by atoms with van der Waals surface area (Å²) in [6, 6.07) is 4.75. The summed E-state index contributed by atoms with van der Waals surface area (Å²) in [5.74, 6) is 0.222. The molecule has 0 radical (unpaired) electrons. The smallest absolute Gasteiger partial charge is 0.335 e. The summed E-state index contributed by atoms with van der Waals surface area (Å²) < 4.78 is 26.1. The fraction of sp³-hybridized carbons (Fsp3) is 0.167. The van der Waals surface area contributed by atoms with Crippen LogP contribution in [0.2, 0.25) is 5.02 Å². The van der Waals surface area contributed by atoms with E-state index in [0.717, 1.165) is 0 Å². The molecule has 2 amide bonds. The maximum Gasteiger partial charge on any atom is 0.335 e. The SMILES string of the molecule is CN(C)c1ncnc(NC(=O)NS(=O)(=O)c2ccccc2Cl)n1. The van der Waals surface area contributed by atoms with Crippen LogP contribution in [0.25, 0.3) is 0 Å². The van der Waals surface area contributed by atoms with Crippen LogP contribution in [0.5, 0.6) is 0 Å². The van der Waals surface area contributed by atoms with E-state index in [1.807, 2.05) is 4.72 Å². The molecule has 0 fully saturated rings. The minimum Gasteiger partial charge on any atom is -0.347 e. The van der Waals surface area contributed by atoms with E-state index in [1.165, 1.54) is 24.5 Å². The van der Waals surface area contributed by atoms with Crippen molar-refractivity contribution in [2.24, 2.45) is 0 Å². The van der Waals surface area contributed by atoms with Gasteiger partial charge in [0.1, 0.15) is 11.2 Å². The van der Waals surface area contributed by atoms with Crippen LogP contribution >= 0.6 is 11.6 Å². The number of amides is 2. The van der Waals surface area contributed by atoms with Crippen molar-refractivity contribution < 1.29 is 13.2 Å². The van der Waals surface area contributed by atoms with Crippen LogP contribution in [0.1, 0.15) is 0 Å². The lowest BCUT2D eigenvalue weighted by atomic mass is 10.4. The molecule has 0 unspecified atom stereocenters. The molecular formula is C12H13ClN6O3S. The quantitative estimate of drug-likeness (QED) is 0.842. The maximum atomic E-state index is 12.1. The summed E-state index contributed by atoms with van der Waals surface area (Å²) in [7, 11) is -0.694. The van der Waals surface area contributed by atoms with Gasteiger partial charge in [0.05, 0.1) is 5.02 Å². The van der Waals surface area contributed by atoms with E-state index in [1.54, 1.807) is 25.1 Å². The number of aromatic nitrogens is 3. The van der Waals surface area contributed by atoms with E-state index in [2.05, 4.69) is 20.3 Å². The highest BCUT2D eigenvalue weighted by Crippen LogP contribution is 2.20. The molecule has 0 bridgehead atoms. The summed E-state index contributed by atoms with van der Waals surface area (Å²) in [5, 5.41) is 2.22. The molecule has 122 valence electrons. The zero-order valence-electron chi connectivity index (χ0n) is 12.2. The van der Waals surface area contributed by atoms with Crippen LogP contribution < -0.4 is 14.9 Å². The molecule has 0 aliphatic heterocycles. The van der Waals surface area contributed by atoms with Crippen LogP contribution in [-0.4, -0.2) is 43.5 Å². The van der Waals surface area contributed by atoms with Gasteiger partial charge in [0.2, 0.25) is 11.9 Å². The van der Waals surface area contributed by atoms with Crippen molar-refractivity contribution in [3.05, 3.63) is 35.6 Å². The number of benzene rings is 1. The molecule has 23 heavy (non-hydrogen) atoms. The van der Waals surface area contributed by atoms with E-state index in [9.17, 15) is 13.2 Å². The molecule has 1 aromatic carbocycles. The predicted octanol–water partition coefficient (Wildman–Crippen LogP) is 1.10. The van der Waals surface area contributed by atoms with E-state index in [0.29, 0.717) is 5.95 Å². The molecule has 2 N–H and O–H groups in total. The molecule has 0 saturated heterocycles. The van der Waals surface area contributed by atoms with Crippen molar-refractivity contribution in [2.45, 2.75) is 4.90 Å². The van der Waals surface area contributed by atoms with Gasteiger partial charge in [0.15, 0.2) is 0 Å². The Morgan fingerprint density at radius 2 is 1.91 bits per heavy atom. The lowest BCUT2D eigenvalue weighted by Crippen LogP contribution is -2.35. The Hall–Kier alpha value is -2.46. The molecule has 0 atom stereocenters. The minimum absolute atomic E-state index is 0.00264. The summed E-state index contributed by atoms with van der Waals surface area (Å²) in [6.45, 7) is 0. The average molecular weight is 357 g/mol. The van der Waals surface area contributed by atoms with Crippen molar-refractivity contribution in [2.75, 3.05) is 24.3 Å². The van der Waals surface area contributed by atoms with E-state index >= 15 is 0 Å². The zero-order valence-corrected chi connectivity index (χ0v) is 13.8. The van der Waals surface area contributed by atoms with Gasteiger partial charge >= 0.3 is 6.03 Å². The number of halogens is 1.